The van der Waals surface area contributed by atoms with Gasteiger partial charge in [-0.25, -0.2) is 4.79 Å². The van der Waals surface area contributed by atoms with Crippen LogP contribution in [-0.4, -0.2) is 41.1 Å². The molecule has 1 aliphatic carbocycles. The second kappa shape index (κ2) is 9.62. The van der Waals surface area contributed by atoms with E-state index in [0.717, 1.165) is 35.3 Å². The van der Waals surface area contributed by atoms with Crippen molar-refractivity contribution in [1.82, 2.24) is 10.3 Å². The average molecular weight is 417 g/mol. The maximum Gasteiger partial charge on any atom is 0.329 e. The number of nitrogens with one attached hydrogen (secondary N) is 2. The highest BCUT2D eigenvalue weighted by Gasteiger charge is 2.28. The number of amides is 2. The molecule has 0 aliphatic heterocycles. The number of carbonyl (C=O) groups is 3. The number of carboxylic acid groups (broad SMARTS) is 1. The Labute approximate surface area is 172 Å². The van der Waals surface area contributed by atoms with Crippen LogP contribution in [0.5, 0.6) is 0 Å². The summed E-state index contributed by atoms with van der Waals surface area (Å²) >= 11 is 1.41. The molecule has 0 bridgehead atoms. The Morgan fingerprint density at radius 2 is 2.17 bits per heavy atom. The van der Waals surface area contributed by atoms with E-state index in [9.17, 15) is 14.4 Å². The largest absolute Gasteiger partial charge is 0.480 e. The van der Waals surface area contributed by atoms with Gasteiger partial charge in [-0.05, 0) is 42.4 Å². The Balaban J connectivity index is 1.75. The maximum atomic E-state index is 13.0. The summed E-state index contributed by atoms with van der Waals surface area (Å²) in [6.45, 7) is 1.57. The fraction of sp³-hybridized carbons (Fsp3) is 0.400. The van der Waals surface area contributed by atoms with Crippen LogP contribution in [0.4, 0.5) is 5.00 Å². The number of pyridine rings is 1. The minimum Gasteiger partial charge on any atom is -0.480 e. The lowest BCUT2D eigenvalue weighted by atomic mass is 9.88. The molecule has 2 aromatic rings. The molecule has 29 heavy (non-hydrogen) atoms. The third-order valence-corrected chi connectivity index (χ3v) is 5.80. The lowest BCUT2D eigenvalue weighted by molar-refractivity contribution is -0.143. The van der Waals surface area contributed by atoms with E-state index in [2.05, 4.69) is 22.5 Å². The van der Waals surface area contributed by atoms with Gasteiger partial charge in [0, 0.05) is 23.8 Å². The molecule has 2 heterocycles. The number of nitrogens with zero attached hydrogens (tertiary/aromatic N) is 1. The van der Waals surface area contributed by atoms with Gasteiger partial charge in [-0.2, -0.15) is 0 Å². The molecule has 2 aromatic heterocycles. The Hall–Kier alpha value is -2.78. The van der Waals surface area contributed by atoms with E-state index < -0.39 is 18.5 Å². The van der Waals surface area contributed by atoms with Gasteiger partial charge in [0.25, 0.3) is 11.8 Å². The molecule has 1 aliphatic rings. The topological polar surface area (TPSA) is 118 Å². The Kier molecular flexibility index (Phi) is 6.95. The van der Waals surface area contributed by atoms with Crippen molar-refractivity contribution in [2.45, 2.75) is 32.7 Å². The van der Waals surface area contributed by atoms with E-state index in [-0.39, 0.29) is 12.5 Å². The number of carbonyl (C=O) groups excluding carboxylic acids is 2. The van der Waals surface area contributed by atoms with Crippen LogP contribution in [0.2, 0.25) is 0 Å². The summed E-state index contributed by atoms with van der Waals surface area (Å²) in [5.41, 5.74) is 2.36. The SMILES string of the molecule is C[C@@H]1CCc2c(sc(NC(=O)COCC(=O)O)c2C(=O)NCc2cccnc2)C1. The third kappa shape index (κ3) is 5.61. The van der Waals surface area contributed by atoms with Crippen LogP contribution in [0.15, 0.2) is 24.5 Å². The van der Waals surface area contributed by atoms with Crippen molar-refractivity contribution < 1.29 is 24.2 Å². The highest BCUT2D eigenvalue weighted by atomic mass is 32.1. The molecule has 3 rings (SSSR count). The first-order valence-electron chi connectivity index (χ1n) is 9.35. The molecule has 0 unspecified atom stereocenters. The second-order valence-electron chi connectivity index (χ2n) is 7.03. The number of anilines is 1. The summed E-state index contributed by atoms with van der Waals surface area (Å²) in [5, 5.41) is 14.7. The summed E-state index contributed by atoms with van der Waals surface area (Å²) in [6.07, 6.45) is 6.00. The second-order valence-corrected chi connectivity index (χ2v) is 8.14. The molecule has 0 radical (unpaired) electrons. The van der Waals surface area contributed by atoms with Crippen LogP contribution in [-0.2, 0) is 33.7 Å². The summed E-state index contributed by atoms with van der Waals surface area (Å²) < 4.78 is 4.84. The normalized spacial score (nSPS) is 15.4. The van der Waals surface area contributed by atoms with E-state index in [0.29, 0.717) is 23.0 Å². The summed E-state index contributed by atoms with van der Waals surface area (Å²) in [6, 6.07) is 3.68. The molecular weight excluding hydrogens is 394 g/mol. The Bertz CT molecular complexity index is 897. The Morgan fingerprint density at radius 3 is 2.90 bits per heavy atom. The zero-order valence-corrected chi connectivity index (χ0v) is 16.9. The quantitative estimate of drug-likeness (QED) is 0.606. The molecule has 0 aromatic carbocycles. The van der Waals surface area contributed by atoms with Gasteiger partial charge in [0.05, 0.1) is 5.56 Å². The van der Waals surface area contributed by atoms with E-state index in [1.807, 2.05) is 6.07 Å². The number of carboxylic acids is 1. The first-order valence-corrected chi connectivity index (χ1v) is 10.2. The highest BCUT2D eigenvalue weighted by molar-refractivity contribution is 7.17. The van der Waals surface area contributed by atoms with Crippen molar-refractivity contribution in [3.8, 4) is 0 Å². The first-order chi connectivity index (χ1) is 13.9. The minimum absolute atomic E-state index is 0.248. The number of aromatic nitrogens is 1. The van der Waals surface area contributed by atoms with Crippen molar-refractivity contribution in [1.29, 1.82) is 0 Å². The number of aliphatic carboxylic acids is 1. The molecule has 2 amide bonds. The van der Waals surface area contributed by atoms with E-state index in [1.165, 1.54) is 11.3 Å². The van der Waals surface area contributed by atoms with E-state index >= 15 is 0 Å². The van der Waals surface area contributed by atoms with Gasteiger partial charge >= 0.3 is 5.97 Å². The molecule has 0 spiro atoms. The molecule has 3 N–H and O–H groups in total. The predicted molar refractivity (Wildman–Crippen MR) is 108 cm³/mol. The van der Waals surface area contributed by atoms with Crippen molar-refractivity contribution in [2.24, 2.45) is 5.92 Å². The van der Waals surface area contributed by atoms with Crippen molar-refractivity contribution in [3.05, 3.63) is 46.1 Å². The third-order valence-electron chi connectivity index (χ3n) is 4.63. The van der Waals surface area contributed by atoms with Gasteiger partial charge in [0.15, 0.2) is 0 Å². The number of thiophene rings is 1. The van der Waals surface area contributed by atoms with Gasteiger partial charge in [-0.1, -0.05) is 13.0 Å². The molecule has 154 valence electrons. The lowest BCUT2D eigenvalue weighted by Crippen LogP contribution is -2.26. The standard InChI is InChI=1S/C20H23N3O5S/c1-12-4-5-14-15(7-12)29-20(23-16(24)10-28-11-17(25)26)18(14)19(27)22-9-13-3-2-6-21-8-13/h2-3,6,8,12H,4-5,7,9-11H2,1H3,(H,22,27)(H,23,24)(H,25,26)/t12-/m1/s1. The van der Waals surface area contributed by atoms with E-state index in [4.69, 9.17) is 9.84 Å². The molecule has 0 saturated heterocycles. The molecule has 0 saturated carbocycles. The molecule has 8 nitrogen and oxygen atoms in total. The predicted octanol–water partition coefficient (Wildman–Crippen LogP) is 2.24. The molecule has 1 atom stereocenters. The van der Waals surface area contributed by atoms with E-state index in [1.54, 1.807) is 18.5 Å². The number of ether oxygens (including phenoxy) is 1. The summed E-state index contributed by atoms with van der Waals surface area (Å²) in [7, 11) is 0. The molecular formula is C20H23N3O5S. The van der Waals surface area contributed by atoms with Crippen LogP contribution in [0.1, 0.15) is 39.7 Å². The molecule has 9 heteroatoms. The van der Waals surface area contributed by atoms with Crippen molar-refractivity contribution >= 4 is 34.1 Å². The number of rotatable bonds is 8. The highest BCUT2D eigenvalue weighted by Crippen LogP contribution is 2.39. The monoisotopic (exact) mass is 417 g/mol. The smallest absolute Gasteiger partial charge is 0.329 e. The molecule has 0 fully saturated rings. The Morgan fingerprint density at radius 1 is 1.34 bits per heavy atom. The fourth-order valence-corrected chi connectivity index (χ4v) is 4.67. The maximum absolute atomic E-state index is 13.0. The van der Waals surface area contributed by atoms with Crippen molar-refractivity contribution in [2.75, 3.05) is 18.5 Å². The van der Waals surface area contributed by atoms with Gasteiger partial charge < -0.3 is 20.5 Å². The van der Waals surface area contributed by atoms with Gasteiger partial charge in [0.2, 0.25) is 0 Å². The van der Waals surface area contributed by atoms with Crippen molar-refractivity contribution in [3.63, 3.8) is 0 Å². The zero-order valence-electron chi connectivity index (χ0n) is 16.1. The van der Waals surface area contributed by atoms with Gasteiger partial charge in [-0.3, -0.25) is 14.6 Å². The zero-order chi connectivity index (χ0) is 20.8. The van der Waals surface area contributed by atoms with Crippen LogP contribution in [0, 0.1) is 5.92 Å². The number of fused-ring (bicyclic) bond motifs is 1. The number of hydrogen-bond acceptors (Lipinski definition) is 6. The minimum atomic E-state index is -1.14. The van der Waals surface area contributed by atoms with Crippen LogP contribution < -0.4 is 10.6 Å². The lowest BCUT2D eigenvalue weighted by Gasteiger charge is -2.18. The summed E-state index contributed by atoms with van der Waals surface area (Å²) in [4.78, 5) is 40.8. The van der Waals surface area contributed by atoms with Gasteiger partial charge in [-0.15, -0.1) is 11.3 Å². The van der Waals surface area contributed by atoms with Crippen LogP contribution >= 0.6 is 11.3 Å². The van der Waals surface area contributed by atoms with Crippen LogP contribution in [0.25, 0.3) is 0 Å². The average Bonchev–Trinajstić information content (AvgIpc) is 3.03. The number of hydrogen-bond donors (Lipinski definition) is 3. The fourth-order valence-electron chi connectivity index (χ4n) is 3.25. The summed E-state index contributed by atoms with van der Waals surface area (Å²) in [5.74, 6) is -1.36. The first kappa shape index (κ1) is 20.9. The van der Waals surface area contributed by atoms with Crippen LogP contribution in [0.3, 0.4) is 0 Å². The van der Waals surface area contributed by atoms with Gasteiger partial charge in [0.1, 0.15) is 18.2 Å².